The summed E-state index contributed by atoms with van der Waals surface area (Å²) in [4.78, 5) is 10.9. The third-order valence-electron chi connectivity index (χ3n) is 3.30. The van der Waals surface area contributed by atoms with Crippen LogP contribution in [0.3, 0.4) is 0 Å². The summed E-state index contributed by atoms with van der Waals surface area (Å²) in [7, 11) is 0. The maximum atomic E-state index is 10.9. The van der Waals surface area contributed by atoms with Gasteiger partial charge in [0.15, 0.2) is 0 Å². The van der Waals surface area contributed by atoms with E-state index in [0.717, 1.165) is 25.2 Å². The summed E-state index contributed by atoms with van der Waals surface area (Å²) in [5.74, 6) is 0.475. The first kappa shape index (κ1) is 10.6. The standard InChI is InChI=1S/C11H20O2/c1-3-10(11(12)13)9-6-4-5-8(2)7-9/h8-10H,3-7H2,1-2H3,(H,12,13). The molecule has 1 saturated carbocycles. The van der Waals surface area contributed by atoms with Crippen LogP contribution in [-0.2, 0) is 4.79 Å². The molecule has 13 heavy (non-hydrogen) atoms. The number of hydrogen-bond donors (Lipinski definition) is 1. The summed E-state index contributed by atoms with van der Waals surface area (Å²) in [6.45, 7) is 4.22. The maximum Gasteiger partial charge on any atom is 0.306 e. The van der Waals surface area contributed by atoms with E-state index < -0.39 is 5.97 Å². The van der Waals surface area contributed by atoms with Crippen LogP contribution in [0.1, 0.15) is 46.0 Å². The van der Waals surface area contributed by atoms with Crippen molar-refractivity contribution in [2.24, 2.45) is 17.8 Å². The number of carboxylic acid groups (broad SMARTS) is 1. The van der Waals surface area contributed by atoms with Gasteiger partial charge in [-0.3, -0.25) is 4.79 Å². The third-order valence-corrected chi connectivity index (χ3v) is 3.30. The number of rotatable bonds is 3. The zero-order chi connectivity index (χ0) is 9.84. The van der Waals surface area contributed by atoms with Gasteiger partial charge in [-0.15, -0.1) is 0 Å². The Morgan fingerprint density at radius 2 is 2.23 bits per heavy atom. The lowest BCUT2D eigenvalue weighted by molar-refractivity contribution is -0.144. The van der Waals surface area contributed by atoms with Crippen molar-refractivity contribution >= 4 is 5.97 Å². The fourth-order valence-electron chi connectivity index (χ4n) is 2.56. The fourth-order valence-corrected chi connectivity index (χ4v) is 2.56. The molecule has 2 heteroatoms. The molecule has 1 N–H and O–H groups in total. The van der Waals surface area contributed by atoms with Gasteiger partial charge in [0, 0.05) is 0 Å². The summed E-state index contributed by atoms with van der Waals surface area (Å²) in [5.41, 5.74) is 0. The Balaban J connectivity index is 2.52. The second-order valence-electron chi connectivity index (χ2n) is 4.38. The molecular weight excluding hydrogens is 164 g/mol. The highest BCUT2D eigenvalue weighted by Gasteiger charge is 2.29. The zero-order valence-electron chi connectivity index (χ0n) is 8.62. The molecule has 1 fully saturated rings. The summed E-state index contributed by atoms with van der Waals surface area (Å²) in [6.07, 6.45) is 5.52. The van der Waals surface area contributed by atoms with E-state index in [1.165, 1.54) is 12.8 Å². The molecule has 0 heterocycles. The molecule has 3 atom stereocenters. The molecular formula is C11H20O2. The van der Waals surface area contributed by atoms with Crippen molar-refractivity contribution in [3.8, 4) is 0 Å². The Morgan fingerprint density at radius 1 is 1.54 bits per heavy atom. The molecule has 1 aliphatic rings. The highest BCUT2D eigenvalue weighted by atomic mass is 16.4. The van der Waals surface area contributed by atoms with Crippen LogP contribution in [0.15, 0.2) is 0 Å². The average molecular weight is 184 g/mol. The van der Waals surface area contributed by atoms with Gasteiger partial charge in [0.05, 0.1) is 5.92 Å². The molecule has 0 aromatic rings. The minimum atomic E-state index is -0.596. The Kier molecular flexibility index (Phi) is 3.76. The van der Waals surface area contributed by atoms with Crippen LogP contribution in [0.2, 0.25) is 0 Å². The van der Waals surface area contributed by atoms with E-state index in [1.807, 2.05) is 6.92 Å². The first-order valence-corrected chi connectivity index (χ1v) is 5.38. The second kappa shape index (κ2) is 4.64. The summed E-state index contributed by atoms with van der Waals surface area (Å²) >= 11 is 0. The van der Waals surface area contributed by atoms with Crippen LogP contribution in [0.4, 0.5) is 0 Å². The van der Waals surface area contributed by atoms with Crippen molar-refractivity contribution in [3.63, 3.8) is 0 Å². The largest absolute Gasteiger partial charge is 0.481 e. The molecule has 0 spiro atoms. The molecule has 3 unspecified atom stereocenters. The van der Waals surface area contributed by atoms with Gasteiger partial charge in [0.1, 0.15) is 0 Å². The molecule has 0 radical (unpaired) electrons. The monoisotopic (exact) mass is 184 g/mol. The van der Waals surface area contributed by atoms with Crippen LogP contribution < -0.4 is 0 Å². The summed E-state index contributed by atoms with van der Waals surface area (Å²) in [5, 5.41) is 9.01. The smallest absolute Gasteiger partial charge is 0.306 e. The lowest BCUT2D eigenvalue weighted by Crippen LogP contribution is -2.27. The average Bonchev–Trinajstić information content (AvgIpc) is 2.04. The Morgan fingerprint density at radius 3 is 2.69 bits per heavy atom. The summed E-state index contributed by atoms with van der Waals surface area (Å²) in [6, 6.07) is 0. The van der Waals surface area contributed by atoms with Gasteiger partial charge >= 0.3 is 5.97 Å². The van der Waals surface area contributed by atoms with Gasteiger partial charge < -0.3 is 5.11 Å². The van der Waals surface area contributed by atoms with E-state index in [2.05, 4.69) is 6.92 Å². The van der Waals surface area contributed by atoms with Gasteiger partial charge in [-0.1, -0.05) is 26.7 Å². The molecule has 0 saturated heterocycles. The highest BCUT2D eigenvalue weighted by molar-refractivity contribution is 5.70. The minimum Gasteiger partial charge on any atom is -0.481 e. The molecule has 2 nitrogen and oxygen atoms in total. The van der Waals surface area contributed by atoms with Crippen LogP contribution in [0.5, 0.6) is 0 Å². The number of carboxylic acids is 1. The van der Waals surface area contributed by atoms with Crippen molar-refractivity contribution in [2.75, 3.05) is 0 Å². The van der Waals surface area contributed by atoms with E-state index in [1.54, 1.807) is 0 Å². The lowest BCUT2D eigenvalue weighted by atomic mass is 9.75. The number of aliphatic carboxylic acids is 1. The highest BCUT2D eigenvalue weighted by Crippen LogP contribution is 2.34. The Hall–Kier alpha value is -0.530. The third kappa shape index (κ3) is 2.71. The van der Waals surface area contributed by atoms with Crippen LogP contribution >= 0.6 is 0 Å². The van der Waals surface area contributed by atoms with Crippen LogP contribution in [-0.4, -0.2) is 11.1 Å². The van der Waals surface area contributed by atoms with Crippen molar-refractivity contribution in [1.29, 1.82) is 0 Å². The van der Waals surface area contributed by atoms with E-state index in [0.29, 0.717) is 5.92 Å². The predicted molar refractivity (Wildman–Crippen MR) is 52.5 cm³/mol. The van der Waals surface area contributed by atoms with Gasteiger partial charge in [-0.25, -0.2) is 0 Å². The zero-order valence-corrected chi connectivity index (χ0v) is 8.62. The van der Waals surface area contributed by atoms with Gasteiger partial charge in [0.25, 0.3) is 0 Å². The molecule has 0 amide bonds. The van der Waals surface area contributed by atoms with Gasteiger partial charge in [0.2, 0.25) is 0 Å². The van der Waals surface area contributed by atoms with E-state index in [9.17, 15) is 4.79 Å². The Labute approximate surface area is 80.3 Å². The van der Waals surface area contributed by atoms with Crippen LogP contribution in [0.25, 0.3) is 0 Å². The molecule has 0 aromatic carbocycles. The molecule has 1 aliphatic carbocycles. The topological polar surface area (TPSA) is 37.3 Å². The fraction of sp³-hybridized carbons (Fsp3) is 0.909. The van der Waals surface area contributed by atoms with Gasteiger partial charge in [-0.05, 0) is 31.1 Å². The predicted octanol–water partition coefficient (Wildman–Crippen LogP) is 2.92. The van der Waals surface area contributed by atoms with E-state index >= 15 is 0 Å². The number of carbonyl (C=O) groups is 1. The number of hydrogen-bond acceptors (Lipinski definition) is 1. The van der Waals surface area contributed by atoms with Crippen molar-refractivity contribution in [3.05, 3.63) is 0 Å². The van der Waals surface area contributed by atoms with Gasteiger partial charge in [-0.2, -0.15) is 0 Å². The molecule has 1 rings (SSSR count). The Bertz CT molecular complexity index is 177. The maximum absolute atomic E-state index is 10.9. The molecule has 0 aliphatic heterocycles. The minimum absolute atomic E-state index is 0.0947. The quantitative estimate of drug-likeness (QED) is 0.732. The molecule has 76 valence electrons. The first-order chi connectivity index (χ1) is 6.15. The van der Waals surface area contributed by atoms with E-state index in [-0.39, 0.29) is 5.92 Å². The van der Waals surface area contributed by atoms with Crippen molar-refractivity contribution in [1.82, 2.24) is 0 Å². The van der Waals surface area contributed by atoms with Crippen LogP contribution in [0, 0.1) is 17.8 Å². The summed E-state index contributed by atoms with van der Waals surface area (Å²) < 4.78 is 0. The SMILES string of the molecule is CCC(C(=O)O)C1CCCC(C)C1. The normalized spacial score (nSPS) is 31.2. The van der Waals surface area contributed by atoms with Crippen molar-refractivity contribution < 1.29 is 9.90 Å². The van der Waals surface area contributed by atoms with Crippen molar-refractivity contribution in [2.45, 2.75) is 46.0 Å². The molecule has 0 bridgehead atoms. The first-order valence-electron chi connectivity index (χ1n) is 5.38. The second-order valence-corrected chi connectivity index (χ2v) is 4.38. The van der Waals surface area contributed by atoms with E-state index in [4.69, 9.17) is 5.11 Å². The lowest BCUT2D eigenvalue weighted by Gasteiger charge is -2.30. The molecule has 0 aromatic heterocycles.